The summed E-state index contributed by atoms with van der Waals surface area (Å²) in [5.41, 5.74) is 2.01. The normalized spacial score (nSPS) is 10.2. The summed E-state index contributed by atoms with van der Waals surface area (Å²) in [5.74, 6) is 0.651. The Hall–Kier alpha value is -2.02. The van der Waals surface area contributed by atoms with Gasteiger partial charge in [0.2, 0.25) is 0 Å². The van der Waals surface area contributed by atoms with Crippen molar-refractivity contribution in [2.24, 2.45) is 0 Å². The van der Waals surface area contributed by atoms with Gasteiger partial charge in [0.1, 0.15) is 12.4 Å². The Kier molecular flexibility index (Phi) is 3.29. The monoisotopic (exact) mass is 224 g/mol. The Bertz CT molecular complexity index is 567. The van der Waals surface area contributed by atoms with Crippen molar-refractivity contribution < 1.29 is 4.74 Å². The molecule has 0 saturated heterocycles. The summed E-state index contributed by atoms with van der Waals surface area (Å²) in [7, 11) is 0. The van der Waals surface area contributed by atoms with Gasteiger partial charge in [-0.3, -0.25) is 0 Å². The highest BCUT2D eigenvalue weighted by atomic mass is 16.5. The van der Waals surface area contributed by atoms with Gasteiger partial charge in [-0.05, 0) is 34.9 Å². The maximum absolute atomic E-state index is 5.54. The Labute approximate surface area is 102 Å². The fourth-order valence-corrected chi connectivity index (χ4v) is 1.62. The van der Waals surface area contributed by atoms with E-state index in [4.69, 9.17) is 4.74 Å². The SMILES string of the molecule is C=C(C)C(=C)OCc1ccc2ccccc2c1. The number of allylic oxidation sites excluding steroid dienone is 1. The summed E-state index contributed by atoms with van der Waals surface area (Å²) in [6, 6.07) is 14.6. The predicted molar refractivity (Wildman–Crippen MR) is 72.7 cm³/mol. The summed E-state index contributed by atoms with van der Waals surface area (Å²) in [6.07, 6.45) is 0. The number of hydrogen-bond donors (Lipinski definition) is 0. The Morgan fingerprint density at radius 3 is 2.47 bits per heavy atom. The molecule has 0 saturated carbocycles. The van der Waals surface area contributed by atoms with Crippen LogP contribution in [0.4, 0.5) is 0 Å². The van der Waals surface area contributed by atoms with Crippen LogP contribution in [0.3, 0.4) is 0 Å². The van der Waals surface area contributed by atoms with Crippen LogP contribution in [0.1, 0.15) is 12.5 Å². The zero-order chi connectivity index (χ0) is 12.3. The van der Waals surface area contributed by atoms with E-state index in [1.807, 2.05) is 19.1 Å². The molecule has 2 aromatic rings. The Balaban J connectivity index is 2.14. The zero-order valence-electron chi connectivity index (χ0n) is 10.1. The van der Waals surface area contributed by atoms with Crippen molar-refractivity contribution in [3.8, 4) is 0 Å². The molecule has 0 amide bonds. The molecule has 0 aromatic heterocycles. The molecular weight excluding hydrogens is 208 g/mol. The molecule has 0 N–H and O–H groups in total. The predicted octanol–water partition coefficient (Wildman–Crippen LogP) is 4.45. The molecule has 17 heavy (non-hydrogen) atoms. The molecule has 2 aromatic carbocycles. The van der Waals surface area contributed by atoms with E-state index in [1.54, 1.807) is 0 Å². The topological polar surface area (TPSA) is 9.23 Å². The van der Waals surface area contributed by atoms with E-state index >= 15 is 0 Å². The lowest BCUT2D eigenvalue weighted by atomic mass is 10.1. The van der Waals surface area contributed by atoms with E-state index < -0.39 is 0 Å². The molecule has 0 bridgehead atoms. The molecular formula is C16H16O. The maximum Gasteiger partial charge on any atom is 0.114 e. The first-order valence-corrected chi connectivity index (χ1v) is 5.62. The van der Waals surface area contributed by atoms with Crippen molar-refractivity contribution in [2.45, 2.75) is 13.5 Å². The van der Waals surface area contributed by atoms with Crippen LogP contribution in [0.2, 0.25) is 0 Å². The van der Waals surface area contributed by atoms with Gasteiger partial charge in [-0.1, -0.05) is 49.6 Å². The molecule has 0 heterocycles. The van der Waals surface area contributed by atoms with Crippen molar-refractivity contribution in [1.82, 2.24) is 0 Å². The van der Waals surface area contributed by atoms with Crippen LogP contribution in [0.15, 0.2) is 67.0 Å². The first-order valence-electron chi connectivity index (χ1n) is 5.62. The largest absolute Gasteiger partial charge is 0.489 e. The van der Waals surface area contributed by atoms with Gasteiger partial charge < -0.3 is 4.74 Å². The van der Waals surface area contributed by atoms with Crippen LogP contribution in [-0.2, 0) is 11.3 Å². The molecule has 0 aliphatic heterocycles. The van der Waals surface area contributed by atoms with Crippen molar-refractivity contribution in [3.63, 3.8) is 0 Å². The second kappa shape index (κ2) is 4.88. The molecule has 2 rings (SSSR count). The lowest BCUT2D eigenvalue weighted by Gasteiger charge is -2.09. The van der Waals surface area contributed by atoms with Crippen molar-refractivity contribution in [2.75, 3.05) is 0 Å². The molecule has 1 heteroatoms. The van der Waals surface area contributed by atoms with E-state index in [-0.39, 0.29) is 0 Å². The highest BCUT2D eigenvalue weighted by molar-refractivity contribution is 5.82. The third-order valence-electron chi connectivity index (χ3n) is 2.70. The van der Waals surface area contributed by atoms with Crippen LogP contribution < -0.4 is 0 Å². The minimum Gasteiger partial charge on any atom is -0.489 e. The van der Waals surface area contributed by atoms with Gasteiger partial charge in [-0.2, -0.15) is 0 Å². The van der Waals surface area contributed by atoms with Crippen LogP contribution in [0.25, 0.3) is 10.8 Å². The molecule has 86 valence electrons. The summed E-state index contributed by atoms with van der Waals surface area (Å²) < 4.78 is 5.54. The van der Waals surface area contributed by atoms with Crippen LogP contribution >= 0.6 is 0 Å². The molecule has 0 aliphatic carbocycles. The van der Waals surface area contributed by atoms with E-state index in [9.17, 15) is 0 Å². The summed E-state index contributed by atoms with van der Waals surface area (Å²) in [5, 5.41) is 2.48. The molecule has 0 aliphatic rings. The van der Waals surface area contributed by atoms with Gasteiger partial charge >= 0.3 is 0 Å². The zero-order valence-corrected chi connectivity index (χ0v) is 10.1. The quantitative estimate of drug-likeness (QED) is 0.551. The maximum atomic E-state index is 5.54. The number of ether oxygens (including phenoxy) is 1. The molecule has 1 nitrogen and oxygen atoms in total. The second-order valence-electron chi connectivity index (χ2n) is 4.17. The summed E-state index contributed by atoms with van der Waals surface area (Å²) >= 11 is 0. The molecule has 0 unspecified atom stereocenters. The first-order chi connectivity index (χ1) is 8.16. The van der Waals surface area contributed by atoms with Gasteiger partial charge in [0.25, 0.3) is 0 Å². The third-order valence-corrected chi connectivity index (χ3v) is 2.70. The Morgan fingerprint density at radius 1 is 1.06 bits per heavy atom. The van der Waals surface area contributed by atoms with Crippen LogP contribution in [0, 0.1) is 0 Å². The van der Waals surface area contributed by atoms with Crippen molar-refractivity contribution >= 4 is 10.8 Å². The lowest BCUT2D eigenvalue weighted by Crippen LogP contribution is -1.93. The van der Waals surface area contributed by atoms with Gasteiger partial charge in [0, 0.05) is 0 Å². The minimum atomic E-state index is 0.538. The molecule has 0 atom stereocenters. The first kappa shape index (κ1) is 11.5. The highest BCUT2D eigenvalue weighted by Crippen LogP contribution is 2.17. The van der Waals surface area contributed by atoms with E-state index in [0.29, 0.717) is 12.4 Å². The van der Waals surface area contributed by atoms with Crippen LogP contribution in [0.5, 0.6) is 0 Å². The number of benzene rings is 2. The van der Waals surface area contributed by atoms with Gasteiger partial charge in [0.15, 0.2) is 0 Å². The summed E-state index contributed by atoms with van der Waals surface area (Å²) in [6.45, 7) is 10.0. The van der Waals surface area contributed by atoms with Gasteiger partial charge in [-0.25, -0.2) is 0 Å². The average molecular weight is 224 g/mol. The molecule has 0 radical (unpaired) electrons. The highest BCUT2D eigenvalue weighted by Gasteiger charge is 1.99. The van der Waals surface area contributed by atoms with E-state index in [0.717, 1.165) is 11.1 Å². The number of fused-ring (bicyclic) bond motifs is 1. The smallest absolute Gasteiger partial charge is 0.114 e. The summed E-state index contributed by atoms with van der Waals surface area (Å²) in [4.78, 5) is 0. The Morgan fingerprint density at radius 2 is 1.76 bits per heavy atom. The number of rotatable bonds is 4. The molecule has 0 spiro atoms. The standard InChI is InChI=1S/C16H16O/c1-12(2)13(3)17-11-14-8-9-15-6-4-5-7-16(15)10-14/h4-10H,1,3,11H2,2H3. The second-order valence-corrected chi connectivity index (χ2v) is 4.17. The minimum absolute atomic E-state index is 0.538. The third kappa shape index (κ3) is 2.76. The van der Waals surface area contributed by atoms with Gasteiger partial charge in [-0.15, -0.1) is 0 Å². The van der Waals surface area contributed by atoms with E-state index in [2.05, 4.69) is 43.5 Å². The van der Waals surface area contributed by atoms with Crippen LogP contribution in [-0.4, -0.2) is 0 Å². The van der Waals surface area contributed by atoms with Crippen molar-refractivity contribution in [1.29, 1.82) is 0 Å². The average Bonchev–Trinajstić information content (AvgIpc) is 2.35. The fourth-order valence-electron chi connectivity index (χ4n) is 1.62. The fraction of sp³-hybridized carbons (Fsp3) is 0.125. The van der Waals surface area contributed by atoms with Gasteiger partial charge in [0.05, 0.1) is 0 Å². The number of hydrogen-bond acceptors (Lipinski definition) is 1. The molecule has 0 fully saturated rings. The van der Waals surface area contributed by atoms with Crippen molar-refractivity contribution in [3.05, 3.63) is 72.5 Å². The van der Waals surface area contributed by atoms with E-state index in [1.165, 1.54) is 10.8 Å². The lowest BCUT2D eigenvalue weighted by molar-refractivity contribution is 0.208.